The third-order valence-electron chi connectivity index (χ3n) is 10.8. The van der Waals surface area contributed by atoms with Crippen LogP contribution in [0.15, 0.2) is 6.33 Å². The third-order valence-corrected chi connectivity index (χ3v) is 10.8. The van der Waals surface area contributed by atoms with Crippen LogP contribution in [-0.4, -0.2) is 25.5 Å². The molecule has 1 heterocycles. The smallest absolute Gasteiger partial charge is 0.138 e. The topological polar surface area (TPSA) is 50.9 Å². The molecule has 0 amide bonds. The van der Waals surface area contributed by atoms with E-state index in [4.69, 9.17) is 0 Å². The summed E-state index contributed by atoms with van der Waals surface area (Å²) in [6, 6.07) is 0. The first-order chi connectivity index (χ1) is 14.3. The maximum atomic E-state index is 10.9. The molecule has 4 fully saturated rings. The van der Waals surface area contributed by atoms with Crippen LogP contribution in [0.2, 0.25) is 0 Å². The van der Waals surface area contributed by atoms with E-state index in [-0.39, 0.29) is 5.60 Å². The summed E-state index contributed by atoms with van der Waals surface area (Å²) >= 11 is 0. The van der Waals surface area contributed by atoms with Gasteiger partial charge in [0.25, 0.3) is 0 Å². The van der Waals surface area contributed by atoms with E-state index in [2.05, 4.69) is 42.5 Å². The first kappa shape index (κ1) is 21.0. The van der Waals surface area contributed by atoms with Gasteiger partial charge in [0.1, 0.15) is 12.2 Å². The molecule has 0 radical (unpaired) electrons. The van der Waals surface area contributed by atoms with Gasteiger partial charge in [0.2, 0.25) is 0 Å². The number of aryl methyl sites for hydroxylation is 1. The van der Waals surface area contributed by atoms with Crippen molar-refractivity contribution < 1.29 is 5.11 Å². The van der Waals surface area contributed by atoms with Crippen LogP contribution in [0.1, 0.15) is 90.8 Å². The molecule has 5 rings (SSSR count). The number of aromatic nitrogens is 3. The van der Waals surface area contributed by atoms with E-state index in [1.165, 1.54) is 44.9 Å². The van der Waals surface area contributed by atoms with Crippen molar-refractivity contribution >= 4 is 0 Å². The Morgan fingerprint density at radius 1 is 1.10 bits per heavy atom. The summed E-state index contributed by atoms with van der Waals surface area (Å²) in [5.41, 5.74) is 0.158. The second-order valence-electron chi connectivity index (χ2n) is 12.0. The van der Waals surface area contributed by atoms with Crippen LogP contribution in [0, 0.1) is 53.8 Å². The van der Waals surface area contributed by atoms with Crippen LogP contribution < -0.4 is 0 Å². The molecule has 1 aromatic heterocycles. The van der Waals surface area contributed by atoms with Crippen molar-refractivity contribution in [2.75, 3.05) is 0 Å². The standard InChI is InChI=1S/C26H43N3O/c1-5-26(30)13-11-20-19(14-26)6-7-22-21(20)10-12-25(4)23(8-9-24(22)25)17(2)15-29-18(3)27-16-28-29/h16-17,19-24,30H,5-15H2,1-4H3/t17?,19-,20-,21+,22+,23+,24-,25+,26+/m0/s1. The molecule has 1 unspecified atom stereocenters. The first-order valence-corrected chi connectivity index (χ1v) is 12.9. The van der Waals surface area contributed by atoms with Crippen LogP contribution in [0.3, 0.4) is 0 Å². The average molecular weight is 414 g/mol. The zero-order chi connectivity index (χ0) is 21.1. The Kier molecular flexibility index (Phi) is 5.31. The van der Waals surface area contributed by atoms with Gasteiger partial charge in [0.05, 0.1) is 5.60 Å². The molecule has 4 heteroatoms. The highest BCUT2D eigenvalue weighted by Crippen LogP contribution is 2.65. The van der Waals surface area contributed by atoms with Crippen molar-refractivity contribution in [1.82, 2.24) is 14.8 Å². The summed E-state index contributed by atoms with van der Waals surface area (Å²) in [6.45, 7) is 10.4. The minimum absolute atomic E-state index is 0.357. The number of fused-ring (bicyclic) bond motifs is 5. The van der Waals surface area contributed by atoms with Gasteiger partial charge < -0.3 is 5.11 Å². The predicted molar refractivity (Wildman–Crippen MR) is 120 cm³/mol. The molecule has 4 nitrogen and oxygen atoms in total. The van der Waals surface area contributed by atoms with Crippen LogP contribution in [-0.2, 0) is 6.54 Å². The summed E-state index contributed by atoms with van der Waals surface area (Å²) in [4.78, 5) is 4.34. The molecule has 1 N–H and O–H groups in total. The average Bonchev–Trinajstić information content (AvgIpc) is 3.30. The van der Waals surface area contributed by atoms with E-state index in [0.717, 1.165) is 67.1 Å². The number of aliphatic hydroxyl groups is 1. The lowest BCUT2D eigenvalue weighted by Gasteiger charge is -2.57. The van der Waals surface area contributed by atoms with Gasteiger partial charge >= 0.3 is 0 Å². The van der Waals surface area contributed by atoms with Crippen molar-refractivity contribution in [1.29, 1.82) is 0 Å². The summed E-state index contributed by atoms with van der Waals surface area (Å²) in [5, 5.41) is 15.4. The molecule has 30 heavy (non-hydrogen) atoms. The van der Waals surface area contributed by atoms with Gasteiger partial charge in [-0.2, -0.15) is 5.10 Å². The minimum atomic E-state index is -0.357. The summed E-state index contributed by atoms with van der Waals surface area (Å²) in [5.74, 6) is 7.04. The maximum absolute atomic E-state index is 10.9. The predicted octanol–water partition coefficient (Wildman–Crippen LogP) is 5.63. The van der Waals surface area contributed by atoms with Crippen molar-refractivity contribution in [2.24, 2.45) is 46.8 Å². The Morgan fingerprint density at radius 2 is 1.90 bits per heavy atom. The van der Waals surface area contributed by atoms with E-state index in [0.29, 0.717) is 11.3 Å². The molecule has 0 saturated heterocycles. The minimum Gasteiger partial charge on any atom is -0.390 e. The number of hydrogen-bond acceptors (Lipinski definition) is 3. The van der Waals surface area contributed by atoms with Gasteiger partial charge in [0.15, 0.2) is 0 Å². The summed E-state index contributed by atoms with van der Waals surface area (Å²) in [7, 11) is 0. The molecule has 4 saturated carbocycles. The van der Waals surface area contributed by atoms with Crippen LogP contribution in [0.5, 0.6) is 0 Å². The number of hydrogen-bond donors (Lipinski definition) is 1. The van der Waals surface area contributed by atoms with Gasteiger partial charge in [-0.05, 0) is 118 Å². The van der Waals surface area contributed by atoms with Gasteiger partial charge in [-0.3, -0.25) is 4.68 Å². The molecule has 0 aliphatic heterocycles. The van der Waals surface area contributed by atoms with Gasteiger partial charge in [-0.15, -0.1) is 0 Å². The Labute approximate surface area is 183 Å². The maximum Gasteiger partial charge on any atom is 0.138 e. The molecule has 4 aliphatic rings. The highest BCUT2D eigenvalue weighted by atomic mass is 16.3. The SMILES string of the molecule is CC[C@@]1(O)CC[C@H]2[C@@H](CC[C@@H]3[C@@H]2CC[C@]2(C)[C@@H](C(C)Cn4ncnc4C)CC[C@@H]32)C1. The van der Waals surface area contributed by atoms with Crippen LogP contribution in [0.4, 0.5) is 0 Å². The van der Waals surface area contributed by atoms with E-state index < -0.39 is 0 Å². The highest BCUT2D eigenvalue weighted by molar-refractivity contribution is 5.07. The Hall–Kier alpha value is -0.900. The van der Waals surface area contributed by atoms with Crippen LogP contribution >= 0.6 is 0 Å². The van der Waals surface area contributed by atoms with E-state index in [1.54, 1.807) is 6.33 Å². The largest absolute Gasteiger partial charge is 0.390 e. The Bertz CT molecular complexity index is 761. The highest BCUT2D eigenvalue weighted by Gasteiger charge is 2.58. The van der Waals surface area contributed by atoms with Gasteiger partial charge in [-0.25, -0.2) is 4.98 Å². The van der Waals surface area contributed by atoms with Crippen molar-refractivity contribution in [3.63, 3.8) is 0 Å². The van der Waals surface area contributed by atoms with E-state index in [9.17, 15) is 5.11 Å². The molecule has 1 aromatic rings. The molecular formula is C26H43N3O. The molecule has 9 atom stereocenters. The fourth-order valence-electron chi connectivity index (χ4n) is 9.16. The molecular weight excluding hydrogens is 370 g/mol. The molecule has 168 valence electrons. The van der Waals surface area contributed by atoms with Crippen LogP contribution in [0.25, 0.3) is 0 Å². The van der Waals surface area contributed by atoms with Crippen molar-refractivity contribution in [3.05, 3.63) is 12.2 Å². The lowest BCUT2D eigenvalue weighted by molar-refractivity contribution is -0.109. The first-order valence-electron chi connectivity index (χ1n) is 12.9. The molecule has 0 bridgehead atoms. The van der Waals surface area contributed by atoms with Crippen molar-refractivity contribution in [2.45, 2.75) is 104 Å². The van der Waals surface area contributed by atoms with E-state index >= 15 is 0 Å². The zero-order valence-corrected chi connectivity index (χ0v) is 19.7. The number of nitrogens with zero attached hydrogens (tertiary/aromatic N) is 3. The lowest BCUT2D eigenvalue weighted by atomic mass is 9.48. The molecule has 0 spiro atoms. The normalized spacial score (nSPS) is 46.7. The molecule has 4 aliphatic carbocycles. The Balaban J connectivity index is 1.30. The molecule has 0 aromatic carbocycles. The van der Waals surface area contributed by atoms with Crippen molar-refractivity contribution in [3.8, 4) is 0 Å². The lowest BCUT2D eigenvalue weighted by Crippen LogP contribution is -2.51. The number of rotatable bonds is 4. The zero-order valence-electron chi connectivity index (χ0n) is 19.7. The Morgan fingerprint density at radius 3 is 2.63 bits per heavy atom. The second-order valence-corrected chi connectivity index (χ2v) is 12.0. The monoisotopic (exact) mass is 413 g/mol. The summed E-state index contributed by atoms with van der Waals surface area (Å²) in [6.07, 6.45) is 14.6. The fourth-order valence-corrected chi connectivity index (χ4v) is 9.16. The summed E-state index contributed by atoms with van der Waals surface area (Å²) < 4.78 is 2.12. The van der Waals surface area contributed by atoms with Gasteiger partial charge in [-0.1, -0.05) is 20.8 Å². The van der Waals surface area contributed by atoms with E-state index in [1.807, 2.05) is 0 Å². The van der Waals surface area contributed by atoms with Gasteiger partial charge in [0, 0.05) is 6.54 Å². The third kappa shape index (κ3) is 3.27. The second kappa shape index (κ2) is 7.60. The fraction of sp³-hybridized carbons (Fsp3) is 0.923. The quantitative estimate of drug-likeness (QED) is 0.696.